The fourth-order valence-electron chi connectivity index (χ4n) is 3.87. The van der Waals surface area contributed by atoms with E-state index >= 15 is 0 Å². The maximum Gasteiger partial charge on any atom is 0.0367 e. The Hall–Kier alpha value is -1.30. The highest BCUT2D eigenvalue weighted by molar-refractivity contribution is 5.53. The second kappa shape index (κ2) is 8.19. The van der Waals surface area contributed by atoms with Gasteiger partial charge in [-0.25, -0.2) is 0 Å². The summed E-state index contributed by atoms with van der Waals surface area (Å²) in [5.74, 6) is 0. The molecule has 0 saturated carbocycles. The summed E-state index contributed by atoms with van der Waals surface area (Å²) in [5, 5.41) is 0. The molecule has 134 valence electrons. The Bertz CT molecular complexity index is 485. The molecule has 2 N–H and O–H groups in total. The van der Waals surface area contributed by atoms with Gasteiger partial charge in [0.25, 0.3) is 0 Å². The highest BCUT2D eigenvalue weighted by Gasteiger charge is 2.27. The van der Waals surface area contributed by atoms with Crippen LogP contribution in [0, 0.1) is 0 Å². The number of nitrogens with zero attached hydrogens (tertiary/aromatic N) is 4. The van der Waals surface area contributed by atoms with E-state index in [9.17, 15) is 0 Å². The van der Waals surface area contributed by atoms with E-state index in [1.54, 1.807) is 0 Å². The normalized spacial score (nSPS) is 21.5. The molecule has 0 aliphatic carbocycles. The third kappa shape index (κ3) is 4.62. The molecule has 5 heteroatoms. The van der Waals surface area contributed by atoms with Crippen LogP contribution in [0.1, 0.15) is 12.8 Å². The minimum atomic E-state index is 0.769. The molecular formula is C19H33N5. The maximum atomic E-state index is 5.79. The van der Waals surface area contributed by atoms with Crippen molar-refractivity contribution in [3.63, 3.8) is 0 Å². The summed E-state index contributed by atoms with van der Waals surface area (Å²) >= 11 is 0. The van der Waals surface area contributed by atoms with Gasteiger partial charge in [-0.1, -0.05) is 0 Å². The summed E-state index contributed by atoms with van der Waals surface area (Å²) in [4.78, 5) is 10.1. The van der Waals surface area contributed by atoms with Crippen LogP contribution >= 0.6 is 0 Å². The van der Waals surface area contributed by atoms with Gasteiger partial charge in [-0.3, -0.25) is 9.80 Å². The van der Waals surface area contributed by atoms with Crippen molar-refractivity contribution in [3.8, 4) is 0 Å². The standard InChI is InChI=1S/C19H33N5/c1-21(2)11-12-22-13-15-24(16-14-22)19-7-9-23(10-8-19)18-5-3-17(20)4-6-18/h3-6,19H,7-16,20H2,1-2H3. The van der Waals surface area contributed by atoms with Crippen molar-refractivity contribution in [1.29, 1.82) is 0 Å². The van der Waals surface area contributed by atoms with E-state index in [1.165, 1.54) is 57.8 Å². The Labute approximate surface area is 147 Å². The summed E-state index contributed by atoms with van der Waals surface area (Å²) in [6, 6.07) is 9.09. The van der Waals surface area contributed by atoms with Crippen LogP contribution in [0.4, 0.5) is 11.4 Å². The molecule has 3 rings (SSSR count). The molecule has 0 atom stereocenters. The predicted octanol–water partition coefficient (Wildman–Crippen LogP) is 1.42. The zero-order valence-corrected chi connectivity index (χ0v) is 15.3. The highest BCUT2D eigenvalue weighted by atomic mass is 15.3. The lowest BCUT2D eigenvalue weighted by Gasteiger charge is -2.43. The quantitative estimate of drug-likeness (QED) is 0.826. The Morgan fingerprint density at radius 3 is 2.17 bits per heavy atom. The lowest BCUT2D eigenvalue weighted by Crippen LogP contribution is -2.53. The van der Waals surface area contributed by atoms with Crippen molar-refractivity contribution in [2.45, 2.75) is 18.9 Å². The van der Waals surface area contributed by atoms with Crippen LogP contribution in [-0.4, -0.2) is 87.2 Å². The number of hydrogen-bond donors (Lipinski definition) is 1. The number of rotatable bonds is 5. The van der Waals surface area contributed by atoms with Crippen molar-refractivity contribution >= 4 is 11.4 Å². The molecule has 0 radical (unpaired) electrons. The van der Waals surface area contributed by atoms with Gasteiger partial charge in [0.05, 0.1) is 0 Å². The van der Waals surface area contributed by atoms with Gasteiger partial charge in [0, 0.05) is 69.8 Å². The van der Waals surface area contributed by atoms with Crippen molar-refractivity contribution in [3.05, 3.63) is 24.3 Å². The average Bonchev–Trinajstić information content (AvgIpc) is 2.61. The third-order valence-electron chi connectivity index (χ3n) is 5.51. The van der Waals surface area contributed by atoms with Crippen molar-refractivity contribution in [2.75, 3.05) is 77.1 Å². The fourth-order valence-corrected chi connectivity index (χ4v) is 3.87. The van der Waals surface area contributed by atoms with Crippen LogP contribution in [0.3, 0.4) is 0 Å². The molecule has 0 amide bonds. The number of nitrogen functional groups attached to an aromatic ring is 1. The molecular weight excluding hydrogens is 298 g/mol. The van der Waals surface area contributed by atoms with E-state index in [-0.39, 0.29) is 0 Å². The van der Waals surface area contributed by atoms with Gasteiger partial charge < -0.3 is 15.5 Å². The molecule has 0 spiro atoms. The average molecular weight is 332 g/mol. The zero-order chi connectivity index (χ0) is 16.9. The number of likely N-dealkylation sites (N-methyl/N-ethyl adjacent to an activating group) is 1. The van der Waals surface area contributed by atoms with Crippen molar-refractivity contribution in [2.24, 2.45) is 0 Å². The second-order valence-corrected chi connectivity index (χ2v) is 7.49. The molecule has 0 bridgehead atoms. The molecule has 2 aliphatic heterocycles. The van der Waals surface area contributed by atoms with Gasteiger partial charge in [-0.15, -0.1) is 0 Å². The number of piperazine rings is 1. The molecule has 1 aromatic rings. The summed E-state index contributed by atoms with van der Waals surface area (Å²) in [7, 11) is 4.32. The van der Waals surface area contributed by atoms with Crippen LogP contribution in [0.5, 0.6) is 0 Å². The minimum absolute atomic E-state index is 0.769. The smallest absolute Gasteiger partial charge is 0.0367 e. The highest BCUT2D eigenvalue weighted by Crippen LogP contribution is 2.24. The van der Waals surface area contributed by atoms with E-state index in [0.717, 1.165) is 24.8 Å². The van der Waals surface area contributed by atoms with E-state index in [2.05, 4.69) is 45.8 Å². The molecule has 2 saturated heterocycles. The van der Waals surface area contributed by atoms with Crippen molar-refractivity contribution in [1.82, 2.24) is 14.7 Å². The van der Waals surface area contributed by atoms with E-state index < -0.39 is 0 Å². The lowest BCUT2D eigenvalue weighted by atomic mass is 10.0. The predicted molar refractivity (Wildman–Crippen MR) is 103 cm³/mol. The largest absolute Gasteiger partial charge is 0.399 e. The van der Waals surface area contributed by atoms with Crippen LogP contribution in [-0.2, 0) is 0 Å². The number of nitrogens with two attached hydrogens (primary N) is 1. The van der Waals surface area contributed by atoms with Crippen LogP contribution in [0.15, 0.2) is 24.3 Å². The van der Waals surface area contributed by atoms with Gasteiger partial charge in [0.15, 0.2) is 0 Å². The Kier molecular flexibility index (Phi) is 5.98. The summed E-state index contributed by atoms with van der Waals surface area (Å²) in [6.45, 7) is 9.62. The summed E-state index contributed by atoms with van der Waals surface area (Å²) < 4.78 is 0. The van der Waals surface area contributed by atoms with Gasteiger partial charge in [-0.2, -0.15) is 0 Å². The number of hydrogen-bond acceptors (Lipinski definition) is 5. The first-order valence-corrected chi connectivity index (χ1v) is 9.33. The van der Waals surface area contributed by atoms with Crippen LogP contribution in [0.25, 0.3) is 0 Å². The molecule has 0 aromatic heterocycles. The zero-order valence-electron chi connectivity index (χ0n) is 15.3. The molecule has 2 aliphatic rings. The SMILES string of the molecule is CN(C)CCN1CCN(C2CCN(c3ccc(N)cc3)CC2)CC1. The van der Waals surface area contributed by atoms with E-state index in [1.807, 2.05) is 12.1 Å². The molecule has 0 unspecified atom stereocenters. The number of piperidine rings is 1. The Morgan fingerprint density at radius 2 is 1.58 bits per heavy atom. The molecule has 5 nitrogen and oxygen atoms in total. The minimum Gasteiger partial charge on any atom is -0.399 e. The number of anilines is 2. The maximum absolute atomic E-state index is 5.79. The van der Waals surface area contributed by atoms with Gasteiger partial charge >= 0.3 is 0 Å². The molecule has 2 heterocycles. The third-order valence-corrected chi connectivity index (χ3v) is 5.51. The van der Waals surface area contributed by atoms with E-state index in [0.29, 0.717) is 0 Å². The first-order chi connectivity index (χ1) is 11.6. The van der Waals surface area contributed by atoms with Gasteiger partial charge in [-0.05, 0) is 51.2 Å². The Morgan fingerprint density at radius 1 is 0.958 bits per heavy atom. The van der Waals surface area contributed by atoms with Gasteiger partial charge in [0.1, 0.15) is 0 Å². The molecule has 1 aromatic carbocycles. The molecule has 24 heavy (non-hydrogen) atoms. The monoisotopic (exact) mass is 331 g/mol. The van der Waals surface area contributed by atoms with Crippen LogP contribution < -0.4 is 10.6 Å². The van der Waals surface area contributed by atoms with E-state index in [4.69, 9.17) is 5.73 Å². The van der Waals surface area contributed by atoms with Crippen molar-refractivity contribution < 1.29 is 0 Å². The molecule has 2 fully saturated rings. The fraction of sp³-hybridized carbons (Fsp3) is 0.684. The first-order valence-electron chi connectivity index (χ1n) is 9.33. The topological polar surface area (TPSA) is 39.0 Å². The number of benzene rings is 1. The Balaban J connectivity index is 1.42. The first kappa shape index (κ1) is 17.5. The van der Waals surface area contributed by atoms with Crippen LogP contribution in [0.2, 0.25) is 0 Å². The second-order valence-electron chi connectivity index (χ2n) is 7.49. The summed E-state index contributed by atoms with van der Waals surface area (Å²) in [6.07, 6.45) is 2.56. The summed E-state index contributed by atoms with van der Waals surface area (Å²) in [5.41, 5.74) is 7.96. The lowest BCUT2D eigenvalue weighted by molar-refractivity contribution is 0.0814. The van der Waals surface area contributed by atoms with Gasteiger partial charge in [0.2, 0.25) is 0 Å².